The number of aryl methyl sites for hydroxylation is 1. The van der Waals surface area contributed by atoms with Gasteiger partial charge >= 0.3 is 0 Å². The molecular formula is C24H28ClN3O4S. The number of carbonyl (C=O) groups is 1. The van der Waals surface area contributed by atoms with Gasteiger partial charge in [0.25, 0.3) is 0 Å². The highest BCUT2D eigenvalue weighted by Gasteiger charge is 2.23. The molecule has 0 bridgehead atoms. The van der Waals surface area contributed by atoms with Crippen LogP contribution in [0.1, 0.15) is 11.1 Å². The number of hydrogen-bond donors (Lipinski definition) is 0. The predicted molar refractivity (Wildman–Crippen MR) is 132 cm³/mol. The lowest BCUT2D eigenvalue weighted by molar-refractivity contribution is -0.118. The Balaban J connectivity index is 1.60. The van der Waals surface area contributed by atoms with Gasteiger partial charge in [0.15, 0.2) is 16.6 Å². The fourth-order valence-electron chi connectivity index (χ4n) is 3.91. The minimum absolute atomic E-state index is 0.0155. The van der Waals surface area contributed by atoms with Gasteiger partial charge in [-0.2, -0.15) is 0 Å². The van der Waals surface area contributed by atoms with Crippen molar-refractivity contribution in [3.63, 3.8) is 0 Å². The van der Waals surface area contributed by atoms with Crippen molar-refractivity contribution < 1.29 is 19.0 Å². The van der Waals surface area contributed by atoms with Crippen molar-refractivity contribution in [3.8, 4) is 11.5 Å². The summed E-state index contributed by atoms with van der Waals surface area (Å²) in [6.07, 6.45) is 0.235. The van der Waals surface area contributed by atoms with Crippen LogP contribution in [0.15, 0.2) is 30.3 Å². The third-order valence-electron chi connectivity index (χ3n) is 5.72. The molecule has 0 N–H and O–H groups in total. The third-order valence-corrected chi connectivity index (χ3v) is 6.96. The maximum absolute atomic E-state index is 13.5. The molecule has 9 heteroatoms. The number of rotatable bonds is 8. The Labute approximate surface area is 202 Å². The van der Waals surface area contributed by atoms with Gasteiger partial charge < -0.3 is 14.2 Å². The monoisotopic (exact) mass is 489 g/mol. The molecule has 33 heavy (non-hydrogen) atoms. The predicted octanol–water partition coefficient (Wildman–Crippen LogP) is 4.18. The van der Waals surface area contributed by atoms with E-state index < -0.39 is 0 Å². The molecule has 0 saturated carbocycles. The Kier molecular flexibility index (Phi) is 7.70. The zero-order chi connectivity index (χ0) is 23.4. The van der Waals surface area contributed by atoms with Crippen LogP contribution in [0.25, 0.3) is 10.2 Å². The minimum atomic E-state index is -0.0155. The number of halogens is 1. The van der Waals surface area contributed by atoms with Gasteiger partial charge in [-0.1, -0.05) is 29.0 Å². The van der Waals surface area contributed by atoms with E-state index in [4.69, 9.17) is 30.8 Å². The highest BCUT2D eigenvalue weighted by Crippen LogP contribution is 2.34. The first kappa shape index (κ1) is 23.8. The second-order valence-corrected chi connectivity index (χ2v) is 9.38. The average molecular weight is 490 g/mol. The maximum atomic E-state index is 13.5. The van der Waals surface area contributed by atoms with Gasteiger partial charge in [-0.05, 0) is 42.3 Å². The molecular weight excluding hydrogens is 462 g/mol. The van der Waals surface area contributed by atoms with Crippen molar-refractivity contribution in [1.29, 1.82) is 0 Å². The first-order chi connectivity index (χ1) is 16.0. The molecule has 0 aliphatic carbocycles. The summed E-state index contributed by atoms with van der Waals surface area (Å²) in [6.45, 7) is 6.48. The molecule has 1 saturated heterocycles. The largest absolute Gasteiger partial charge is 0.493 e. The summed E-state index contributed by atoms with van der Waals surface area (Å²) in [5.74, 6) is 1.22. The molecule has 4 rings (SSSR count). The van der Waals surface area contributed by atoms with Crippen LogP contribution in [0, 0.1) is 6.92 Å². The molecule has 0 unspecified atom stereocenters. The van der Waals surface area contributed by atoms with E-state index in [1.807, 2.05) is 37.3 Å². The highest BCUT2D eigenvalue weighted by molar-refractivity contribution is 7.22. The Morgan fingerprint density at radius 2 is 1.94 bits per heavy atom. The molecule has 1 aromatic heterocycles. The molecule has 2 aromatic carbocycles. The minimum Gasteiger partial charge on any atom is -0.493 e. The standard InChI is InChI=1S/C24H28ClN3O4S/c1-16-12-18(25)15-21-23(16)26-24(33-21)28(7-6-27-8-10-32-11-9-27)22(29)14-17-4-5-19(30-2)20(13-17)31-3/h4-5,12-13,15H,6-11,14H2,1-3H3. The highest BCUT2D eigenvalue weighted by atomic mass is 35.5. The van der Waals surface area contributed by atoms with Crippen LogP contribution in [0.3, 0.4) is 0 Å². The van der Waals surface area contributed by atoms with Gasteiger partial charge in [-0.25, -0.2) is 4.98 Å². The molecule has 1 fully saturated rings. The molecule has 0 atom stereocenters. The zero-order valence-electron chi connectivity index (χ0n) is 19.1. The van der Waals surface area contributed by atoms with Gasteiger partial charge in [-0.15, -0.1) is 0 Å². The summed E-state index contributed by atoms with van der Waals surface area (Å²) in [7, 11) is 3.18. The first-order valence-corrected chi connectivity index (χ1v) is 12.1. The van der Waals surface area contributed by atoms with E-state index in [0.717, 1.165) is 54.2 Å². The Morgan fingerprint density at radius 3 is 2.67 bits per heavy atom. The molecule has 1 aliphatic rings. The number of anilines is 1. The lowest BCUT2D eigenvalue weighted by Gasteiger charge is -2.29. The number of benzene rings is 2. The number of aromatic nitrogens is 1. The quantitative estimate of drug-likeness (QED) is 0.473. The number of hydrogen-bond acceptors (Lipinski definition) is 7. The number of amides is 1. The normalized spacial score (nSPS) is 14.4. The molecule has 7 nitrogen and oxygen atoms in total. The van der Waals surface area contributed by atoms with Crippen LogP contribution in [0.5, 0.6) is 11.5 Å². The van der Waals surface area contributed by atoms with E-state index in [-0.39, 0.29) is 12.3 Å². The van der Waals surface area contributed by atoms with Crippen molar-refractivity contribution >= 4 is 44.2 Å². The second kappa shape index (κ2) is 10.7. The summed E-state index contributed by atoms with van der Waals surface area (Å²) in [5, 5.41) is 1.36. The molecule has 3 aromatic rings. The van der Waals surface area contributed by atoms with Crippen molar-refractivity contribution in [3.05, 3.63) is 46.5 Å². The SMILES string of the molecule is COc1ccc(CC(=O)N(CCN2CCOCC2)c2nc3c(C)cc(Cl)cc3s2)cc1OC. The second-order valence-electron chi connectivity index (χ2n) is 7.93. The number of methoxy groups -OCH3 is 2. The van der Waals surface area contributed by atoms with Crippen LogP contribution in [-0.4, -0.2) is 69.4 Å². The van der Waals surface area contributed by atoms with Crippen molar-refractivity contribution in [2.24, 2.45) is 0 Å². The summed E-state index contributed by atoms with van der Waals surface area (Å²) in [5.41, 5.74) is 2.74. The molecule has 0 radical (unpaired) electrons. The third kappa shape index (κ3) is 5.58. The fraction of sp³-hybridized carbons (Fsp3) is 0.417. The van der Waals surface area contributed by atoms with Crippen molar-refractivity contribution in [2.45, 2.75) is 13.3 Å². The maximum Gasteiger partial charge on any atom is 0.233 e. The topological polar surface area (TPSA) is 64.1 Å². The number of thiazole rings is 1. The Bertz CT molecular complexity index is 1130. The molecule has 1 aliphatic heterocycles. The number of morpholine rings is 1. The van der Waals surface area contributed by atoms with E-state index >= 15 is 0 Å². The summed E-state index contributed by atoms with van der Waals surface area (Å²) >= 11 is 7.75. The Hall–Kier alpha value is -2.39. The van der Waals surface area contributed by atoms with Gasteiger partial charge in [0.05, 0.1) is 44.1 Å². The van der Waals surface area contributed by atoms with E-state index in [1.54, 1.807) is 19.1 Å². The average Bonchev–Trinajstić information content (AvgIpc) is 3.23. The van der Waals surface area contributed by atoms with E-state index in [0.29, 0.717) is 28.2 Å². The zero-order valence-corrected chi connectivity index (χ0v) is 20.7. The fourth-order valence-corrected chi connectivity index (χ4v) is 5.38. The van der Waals surface area contributed by atoms with Crippen LogP contribution in [-0.2, 0) is 16.0 Å². The van der Waals surface area contributed by atoms with E-state index in [1.165, 1.54) is 11.3 Å². The molecule has 0 spiro atoms. The number of nitrogens with zero attached hydrogens (tertiary/aromatic N) is 3. The smallest absolute Gasteiger partial charge is 0.233 e. The van der Waals surface area contributed by atoms with Gasteiger partial charge in [0.2, 0.25) is 5.91 Å². The molecule has 176 valence electrons. The van der Waals surface area contributed by atoms with Crippen LogP contribution < -0.4 is 14.4 Å². The van der Waals surface area contributed by atoms with Crippen LogP contribution in [0.2, 0.25) is 5.02 Å². The number of ether oxygens (including phenoxy) is 3. The first-order valence-electron chi connectivity index (χ1n) is 10.9. The number of fused-ring (bicyclic) bond motifs is 1. The van der Waals surface area contributed by atoms with E-state index in [9.17, 15) is 4.79 Å². The van der Waals surface area contributed by atoms with Crippen LogP contribution >= 0.6 is 22.9 Å². The lowest BCUT2D eigenvalue weighted by Crippen LogP contribution is -2.43. The van der Waals surface area contributed by atoms with Crippen LogP contribution in [0.4, 0.5) is 5.13 Å². The molecule has 1 amide bonds. The lowest BCUT2D eigenvalue weighted by atomic mass is 10.1. The van der Waals surface area contributed by atoms with Gasteiger partial charge in [0.1, 0.15) is 0 Å². The summed E-state index contributed by atoms with van der Waals surface area (Å²) in [4.78, 5) is 22.4. The Morgan fingerprint density at radius 1 is 1.18 bits per heavy atom. The van der Waals surface area contributed by atoms with Gasteiger partial charge in [-0.3, -0.25) is 14.6 Å². The summed E-state index contributed by atoms with van der Waals surface area (Å²) in [6, 6.07) is 9.37. The number of carbonyl (C=O) groups excluding carboxylic acids is 1. The van der Waals surface area contributed by atoms with Gasteiger partial charge in [0, 0.05) is 31.2 Å². The van der Waals surface area contributed by atoms with Crippen molar-refractivity contribution in [1.82, 2.24) is 9.88 Å². The molecule has 2 heterocycles. The van der Waals surface area contributed by atoms with E-state index in [2.05, 4.69) is 4.90 Å². The van der Waals surface area contributed by atoms with Crippen molar-refractivity contribution in [2.75, 3.05) is 58.5 Å². The summed E-state index contributed by atoms with van der Waals surface area (Å²) < 4.78 is 17.2.